The van der Waals surface area contributed by atoms with E-state index in [1.165, 1.54) is 6.08 Å². The van der Waals surface area contributed by atoms with Gasteiger partial charge in [-0.3, -0.25) is 4.79 Å². The Labute approximate surface area is 79.8 Å². The molecule has 0 saturated heterocycles. The van der Waals surface area contributed by atoms with Crippen LogP contribution in [0.4, 0.5) is 0 Å². The number of rotatable bonds is 3. The lowest BCUT2D eigenvalue weighted by molar-refractivity contribution is -0.118. The molecule has 4 heteroatoms. The predicted molar refractivity (Wildman–Crippen MR) is 53.3 cm³/mol. The Morgan fingerprint density at radius 3 is 2.33 bits per heavy atom. The van der Waals surface area contributed by atoms with Crippen molar-refractivity contribution in [2.75, 3.05) is 0 Å². The average molecular weight is 193 g/mol. The molecule has 0 aromatic heterocycles. The van der Waals surface area contributed by atoms with Crippen molar-refractivity contribution in [2.24, 2.45) is 5.73 Å². The van der Waals surface area contributed by atoms with Gasteiger partial charge in [0.15, 0.2) is 0 Å². The van der Waals surface area contributed by atoms with Gasteiger partial charge in [0, 0.05) is 11.6 Å². The minimum atomic E-state index is -0.370. The van der Waals surface area contributed by atoms with E-state index >= 15 is 0 Å². The molecule has 1 amide bonds. The van der Waals surface area contributed by atoms with E-state index in [2.05, 4.69) is 11.9 Å². The van der Waals surface area contributed by atoms with Crippen LogP contribution in [-0.4, -0.2) is 17.5 Å². The fraction of sp³-hybridized carbons (Fsp3) is 0.625. The third-order valence-corrected chi connectivity index (χ3v) is 1.77. The highest BCUT2D eigenvalue weighted by Gasteiger charge is 2.23. The van der Waals surface area contributed by atoms with Crippen LogP contribution < -0.4 is 11.1 Å². The summed E-state index contributed by atoms with van der Waals surface area (Å²) in [5.74, 6) is -0.188. The van der Waals surface area contributed by atoms with Crippen LogP contribution in [0.3, 0.4) is 0 Å². The van der Waals surface area contributed by atoms with E-state index in [0.717, 1.165) is 0 Å². The zero-order valence-corrected chi connectivity index (χ0v) is 8.57. The van der Waals surface area contributed by atoms with E-state index in [1.54, 1.807) is 0 Å². The molecule has 0 radical (unpaired) electrons. The predicted octanol–water partition coefficient (Wildman–Crippen LogP) is 0.836. The van der Waals surface area contributed by atoms with Crippen molar-refractivity contribution in [2.45, 2.75) is 32.4 Å². The summed E-state index contributed by atoms with van der Waals surface area (Å²) in [4.78, 5) is 10.8. The molecule has 3 nitrogen and oxygen atoms in total. The minimum absolute atomic E-state index is 0. The number of carbonyl (C=O) groups excluding carboxylic acids is 1. The Kier molecular flexibility index (Phi) is 6.03. The van der Waals surface area contributed by atoms with Crippen LogP contribution in [0.25, 0.3) is 0 Å². The van der Waals surface area contributed by atoms with Gasteiger partial charge >= 0.3 is 0 Å². The summed E-state index contributed by atoms with van der Waals surface area (Å²) < 4.78 is 0. The second-order valence-corrected chi connectivity index (χ2v) is 3.20. The van der Waals surface area contributed by atoms with Crippen molar-refractivity contribution in [1.82, 2.24) is 5.32 Å². The number of nitrogens with two attached hydrogens (primary N) is 1. The molecule has 0 aromatic carbocycles. The number of hydrogen-bond donors (Lipinski definition) is 2. The molecule has 0 bridgehead atoms. The molecule has 0 rings (SSSR count). The van der Waals surface area contributed by atoms with Gasteiger partial charge < -0.3 is 11.1 Å². The first-order valence-electron chi connectivity index (χ1n) is 3.60. The van der Waals surface area contributed by atoms with Crippen LogP contribution in [0, 0.1) is 0 Å². The van der Waals surface area contributed by atoms with Crippen LogP contribution in [0.5, 0.6) is 0 Å². The first kappa shape index (κ1) is 14.0. The van der Waals surface area contributed by atoms with E-state index in [1.807, 2.05) is 20.8 Å². The summed E-state index contributed by atoms with van der Waals surface area (Å²) in [5.41, 5.74) is 5.25. The number of halogens is 1. The van der Waals surface area contributed by atoms with Gasteiger partial charge in [-0.15, -0.1) is 12.4 Å². The fourth-order valence-electron chi connectivity index (χ4n) is 0.482. The maximum Gasteiger partial charge on any atom is 0.243 e. The van der Waals surface area contributed by atoms with E-state index in [9.17, 15) is 4.79 Å². The molecule has 12 heavy (non-hydrogen) atoms. The zero-order valence-electron chi connectivity index (χ0n) is 7.76. The van der Waals surface area contributed by atoms with E-state index < -0.39 is 0 Å². The number of nitrogens with one attached hydrogen (secondary N) is 1. The number of carbonyl (C=O) groups is 1. The van der Waals surface area contributed by atoms with Crippen molar-refractivity contribution in [3.05, 3.63) is 12.7 Å². The quantitative estimate of drug-likeness (QED) is 0.652. The second-order valence-electron chi connectivity index (χ2n) is 3.20. The molecule has 1 unspecified atom stereocenters. The Morgan fingerprint density at radius 1 is 1.67 bits per heavy atom. The van der Waals surface area contributed by atoms with Crippen LogP contribution >= 0.6 is 12.4 Å². The van der Waals surface area contributed by atoms with Gasteiger partial charge in [0.1, 0.15) is 0 Å². The van der Waals surface area contributed by atoms with Crippen LogP contribution in [-0.2, 0) is 4.79 Å². The SMILES string of the molecule is C=CC(=O)NC(C)(C)C(C)N.Cl. The molecule has 0 heterocycles. The highest BCUT2D eigenvalue weighted by Crippen LogP contribution is 2.05. The fourth-order valence-corrected chi connectivity index (χ4v) is 0.482. The molecule has 0 aromatic rings. The third kappa shape index (κ3) is 4.36. The number of amides is 1. The summed E-state index contributed by atoms with van der Waals surface area (Å²) in [6.07, 6.45) is 1.24. The standard InChI is InChI=1S/C8H16N2O.ClH/c1-5-7(11)10-8(3,4)6(2)9;/h5-6H,1,9H2,2-4H3,(H,10,11);1H. The lowest BCUT2D eigenvalue weighted by atomic mass is 9.97. The van der Waals surface area contributed by atoms with Gasteiger partial charge in [-0.1, -0.05) is 6.58 Å². The average Bonchev–Trinajstić information content (AvgIpc) is 1.86. The van der Waals surface area contributed by atoms with Crippen LogP contribution in [0.15, 0.2) is 12.7 Å². The lowest BCUT2D eigenvalue weighted by Gasteiger charge is -2.29. The zero-order chi connectivity index (χ0) is 9.07. The van der Waals surface area contributed by atoms with Crippen molar-refractivity contribution in [3.63, 3.8) is 0 Å². The van der Waals surface area contributed by atoms with Gasteiger partial charge in [-0.2, -0.15) is 0 Å². The van der Waals surface area contributed by atoms with E-state index in [4.69, 9.17) is 5.73 Å². The van der Waals surface area contributed by atoms with Crippen molar-refractivity contribution < 1.29 is 4.79 Å². The van der Waals surface area contributed by atoms with E-state index in [-0.39, 0.29) is 29.9 Å². The maximum absolute atomic E-state index is 10.8. The summed E-state index contributed by atoms with van der Waals surface area (Å²) >= 11 is 0. The highest BCUT2D eigenvalue weighted by molar-refractivity contribution is 5.87. The molecular weight excluding hydrogens is 176 g/mol. The molecule has 0 aliphatic heterocycles. The summed E-state index contributed by atoms with van der Waals surface area (Å²) in [7, 11) is 0. The summed E-state index contributed by atoms with van der Waals surface area (Å²) in [5, 5.41) is 2.72. The molecule has 0 aliphatic carbocycles. The van der Waals surface area contributed by atoms with Crippen molar-refractivity contribution >= 4 is 18.3 Å². The Balaban J connectivity index is 0. The first-order valence-corrected chi connectivity index (χ1v) is 3.60. The third-order valence-electron chi connectivity index (χ3n) is 1.77. The van der Waals surface area contributed by atoms with Crippen LogP contribution in [0.1, 0.15) is 20.8 Å². The number of hydrogen-bond acceptors (Lipinski definition) is 2. The molecule has 0 aliphatic rings. The monoisotopic (exact) mass is 192 g/mol. The molecule has 0 spiro atoms. The van der Waals surface area contributed by atoms with Gasteiger partial charge in [0.05, 0.1) is 0 Å². The minimum Gasteiger partial charge on any atom is -0.346 e. The molecule has 3 N–H and O–H groups in total. The van der Waals surface area contributed by atoms with Gasteiger partial charge in [0.25, 0.3) is 0 Å². The first-order chi connectivity index (χ1) is 4.90. The Hall–Kier alpha value is -0.540. The van der Waals surface area contributed by atoms with Gasteiger partial charge in [-0.25, -0.2) is 0 Å². The van der Waals surface area contributed by atoms with Crippen molar-refractivity contribution in [3.8, 4) is 0 Å². The largest absolute Gasteiger partial charge is 0.346 e. The molecule has 0 saturated carbocycles. The Bertz CT molecular complexity index is 166. The maximum atomic E-state index is 10.8. The normalized spacial score (nSPS) is 12.7. The topological polar surface area (TPSA) is 55.1 Å². The van der Waals surface area contributed by atoms with Crippen LogP contribution in [0.2, 0.25) is 0 Å². The molecule has 0 fully saturated rings. The lowest BCUT2D eigenvalue weighted by Crippen LogP contribution is -2.54. The summed E-state index contributed by atoms with van der Waals surface area (Å²) in [6, 6.07) is -0.0774. The summed E-state index contributed by atoms with van der Waals surface area (Å²) in [6.45, 7) is 8.95. The van der Waals surface area contributed by atoms with Crippen molar-refractivity contribution in [1.29, 1.82) is 0 Å². The molecule has 72 valence electrons. The molecular formula is C8H17ClN2O. The second kappa shape index (κ2) is 5.17. The Morgan fingerprint density at radius 2 is 2.08 bits per heavy atom. The highest BCUT2D eigenvalue weighted by atomic mass is 35.5. The van der Waals surface area contributed by atoms with Gasteiger partial charge in [0.2, 0.25) is 5.91 Å². The smallest absolute Gasteiger partial charge is 0.243 e. The van der Waals surface area contributed by atoms with Gasteiger partial charge in [-0.05, 0) is 26.8 Å². The molecule has 1 atom stereocenters. The van der Waals surface area contributed by atoms with E-state index in [0.29, 0.717) is 0 Å².